The molecule has 74 valence electrons. The normalized spacial score (nSPS) is 11.0. The molecule has 0 bridgehead atoms. The molecule has 0 amide bonds. The third kappa shape index (κ3) is 1.53. The molecule has 0 unspecified atom stereocenters. The van der Waals surface area contributed by atoms with E-state index in [0.29, 0.717) is 0 Å². The van der Waals surface area contributed by atoms with Crippen LogP contribution in [0.5, 0.6) is 0 Å². The van der Waals surface area contributed by atoms with Crippen molar-refractivity contribution in [3.05, 3.63) is 35.5 Å². The van der Waals surface area contributed by atoms with Crippen LogP contribution in [0.1, 0.15) is 11.3 Å². The number of nitrogens with one attached hydrogen (secondary N) is 1. The van der Waals surface area contributed by atoms with Gasteiger partial charge in [-0.2, -0.15) is 0 Å². The van der Waals surface area contributed by atoms with Crippen LogP contribution in [-0.4, -0.2) is 18.7 Å². The maximum absolute atomic E-state index is 5.11. The first-order valence-corrected chi connectivity index (χ1v) is 4.88. The lowest BCUT2D eigenvalue weighted by Gasteiger charge is -1.99. The molecule has 0 fully saturated rings. The van der Waals surface area contributed by atoms with E-state index in [0.717, 1.165) is 13.0 Å². The summed E-state index contributed by atoms with van der Waals surface area (Å²) in [6.45, 7) is 2.90. The zero-order chi connectivity index (χ0) is 9.97. The van der Waals surface area contributed by atoms with Gasteiger partial charge in [0, 0.05) is 23.7 Å². The summed E-state index contributed by atoms with van der Waals surface area (Å²) >= 11 is 0. The maximum Gasteiger partial charge on any atom is 0.0503 e. The number of hydrogen-bond donors (Lipinski definition) is 1. The molecule has 0 atom stereocenters. The number of rotatable bonds is 3. The number of methoxy groups -OCH3 is 1. The Morgan fingerprint density at radius 3 is 2.86 bits per heavy atom. The van der Waals surface area contributed by atoms with Gasteiger partial charge in [0.15, 0.2) is 0 Å². The van der Waals surface area contributed by atoms with E-state index in [1.54, 1.807) is 7.11 Å². The van der Waals surface area contributed by atoms with Crippen LogP contribution in [0, 0.1) is 6.92 Å². The Balaban J connectivity index is 2.45. The van der Waals surface area contributed by atoms with Crippen LogP contribution in [0.3, 0.4) is 0 Å². The standard InChI is InChI=1S/C12H15NO/c1-9-10(7-8-14-2)11-5-3-4-6-12(11)13-9/h3-6,13H,7-8H2,1-2H3. The predicted molar refractivity (Wildman–Crippen MR) is 58.6 cm³/mol. The lowest BCUT2D eigenvalue weighted by Crippen LogP contribution is -1.95. The van der Waals surface area contributed by atoms with E-state index < -0.39 is 0 Å². The van der Waals surface area contributed by atoms with E-state index in [-0.39, 0.29) is 0 Å². The highest BCUT2D eigenvalue weighted by Gasteiger charge is 2.06. The van der Waals surface area contributed by atoms with Gasteiger partial charge < -0.3 is 9.72 Å². The fraction of sp³-hybridized carbons (Fsp3) is 0.333. The van der Waals surface area contributed by atoms with Crippen LogP contribution in [-0.2, 0) is 11.2 Å². The van der Waals surface area contributed by atoms with Crippen molar-refractivity contribution in [1.82, 2.24) is 4.98 Å². The molecule has 1 aromatic heterocycles. The Kier molecular flexibility index (Phi) is 2.55. The zero-order valence-electron chi connectivity index (χ0n) is 8.63. The van der Waals surface area contributed by atoms with Crippen molar-refractivity contribution in [3.63, 3.8) is 0 Å². The summed E-state index contributed by atoms with van der Waals surface area (Å²) in [4.78, 5) is 3.38. The minimum Gasteiger partial charge on any atom is -0.384 e. The smallest absolute Gasteiger partial charge is 0.0503 e. The van der Waals surface area contributed by atoms with Crippen LogP contribution in [0.2, 0.25) is 0 Å². The van der Waals surface area contributed by atoms with Crippen molar-refractivity contribution in [2.75, 3.05) is 13.7 Å². The molecule has 14 heavy (non-hydrogen) atoms. The average Bonchev–Trinajstić information content (AvgIpc) is 2.51. The monoisotopic (exact) mass is 189 g/mol. The molecule has 0 aliphatic heterocycles. The zero-order valence-corrected chi connectivity index (χ0v) is 8.63. The summed E-state index contributed by atoms with van der Waals surface area (Å²) < 4.78 is 5.11. The van der Waals surface area contributed by atoms with Crippen LogP contribution < -0.4 is 0 Å². The molecule has 2 nitrogen and oxygen atoms in total. The number of H-pyrrole nitrogens is 1. The van der Waals surface area contributed by atoms with Gasteiger partial charge in [-0.15, -0.1) is 0 Å². The van der Waals surface area contributed by atoms with Crippen LogP contribution in [0.15, 0.2) is 24.3 Å². The SMILES string of the molecule is COCCc1c(C)[nH]c2ccccc12. The number of hydrogen-bond acceptors (Lipinski definition) is 1. The van der Waals surface area contributed by atoms with Crippen LogP contribution in [0.25, 0.3) is 10.9 Å². The van der Waals surface area contributed by atoms with Gasteiger partial charge in [-0.1, -0.05) is 18.2 Å². The topological polar surface area (TPSA) is 25.0 Å². The molecule has 2 rings (SSSR count). The van der Waals surface area contributed by atoms with Gasteiger partial charge in [0.05, 0.1) is 6.61 Å². The summed E-state index contributed by atoms with van der Waals surface area (Å²) in [5.74, 6) is 0. The van der Waals surface area contributed by atoms with Crippen molar-refractivity contribution in [2.24, 2.45) is 0 Å². The lowest BCUT2D eigenvalue weighted by molar-refractivity contribution is 0.202. The van der Waals surface area contributed by atoms with Crippen LogP contribution >= 0.6 is 0 Å². The van der Waals surface area contributed by atoms with E-state index in [1.807, 2.05) is 0 Å². The van der Waals surface area contributed by atoms with Crippen LogP contribution in [0.4, 0.5) is 0 Å². The van der Waals surface area contributed by atoms with Gasteiger partial charge in [0.25, 0.3) is 0 Å². The number of para-hydroxylation sites is 1. The summed E-state index contributed by atoms with van der Waals surface area (Å²) in [6.07, 6.45) is 0.979. The Morgan fingerprint density at radius 2 is 2.07 bits per heavy atom. The first-order chi connectivity index (χ1) is 6.83. The Morgan fingerprint density at radius 1 is 1.29 bits per heavy atom. The summed E-state index contributed by atoms with van der Waals surface area (Å²) in [6, 6.07) is 8.40. The van der Waals surface area contributed by atoms with E-state index in [1.165, 1.54) is 22.2 Å². The predicted octanol–water partition coefficient (Wildman–Crippen LogP) is 2.67. The second-order valence-electron chi connectivity index (χ2n) is 3.52. The molecule has 0 saturated carbocycles. The minimum absolute atomic E-state index is 0.780. The summed E-state index contributed by atoms with van der Waals surface area (Å²) in [7, 11) is 1.74. The highest BCUT2D eigenvalue weighted by molar-refractivity contribution is 5.84. The third-order valence-electron chi connectivity index (χ3n) is 2.58. The number of aryl methyl sites for hydroxylation is 1. The lowest BCUT2D eigenvalue weighted by atomic mass is 10.1. The molecule has 1 N–H and O–H groups in total. The molecule has 1 heterocycles. The van der Waals surface area contributed by atoms with E-state index >= 15 is 0 Å². The number of aromatic amines is 1. The van der Waals surface area contributed by atoms with E-state index in [4.69, 9.17) is 4.74 Å². The molecule has 0 aliphatic carbocycles. The van der Waals surface area contributed by atoms with Crippen molar-refractivity contribution in [2.45, 2.75) is 13.3 Å². The van der Waals surface area contributed by atoms with Crippen molar-refractivity contribution >= 4 is 10.9 Å². The third-order valence-corrected chi connectivity index (χ3v) is 2.58. The Hall–Kier alpha value is -1.28. The highest BCUT2D eigenvalue weighted by Crippen LogP contribution is 2.21. The number of ether oxygens (including phenoxy) is 1. The van der Waals surface area contributed by atoms with Gasteiger partial charge in [-0.05, 0) is 25.0 Å². The molecule has 0 radical (unpaired) electrons. The van der Waals surface area contributed by atoms with Crippen molar-refractivity contribution in [3.8, 4) is 0 Å². The molecule has 0 spiro atoms. The molecule has 2 aromatic rings. The second-order valence-corrected chi connectivity index (χ2v) is 3.52. The molecule has 1 aromatic carbocycles. The second kappa shape index (κ2) is 3.84. The summed E-state index contributed by atoms with van der Waals surface area (Å²) in [5, 5.41) is 1.32. The average molecular weight is 189 g/mol. The quantitative estimate of drug-likeness (QED) is 0.789. The summed E-state index contributed by atoms with van der Waals surface area (Å²) in [5.41, 5.74) is 3.85. The Bertz CT molecular complexity index is 431. The number of fused-ring (bicyclic) bond motifs is 1. The van der Waals surface area contributed by atoms with Crippen molar-refractivity contribution < 1.29 is 4.74 Å². The van der Waals surface area contributed by atoms with Gasteiger partial charge in [0.1, 0.15) is 0 Å². The van der Waals surface area contributed by atoms with E-state index in [2.05, 4.69) is 36.2 Å². The fourth-order valence-corrected chi connectivity index (χ4v) is 1.86. The fourth-order valence-electron chi connectivity index (χ4n) is 1.86. The Labute approximate surface area is 83.9 Å². The first-order valence-electron chi connectivity index (χ1n) is 4.88. The van der Waals surface area contributed by atoms with Crippen molar-refractivity contribution in [1.29, 1.82) is 0 Å². The number of benzene rings is 1. The van der Waals surface area contributed by atoms with E-state index in [9.17, 15) is 0 Å². The molecular formula is C12H15NO. The largest absolute Gasteiger partial charge is 0.384 e. The first kappa shape index (κ1) is 9.28. The van der Waals surface area contributed by atoms with Gasteiger partial charge in [-0.3, -0.25) is 0 Å². The molecule has 0 saturated heterocycles. The molecule has 0 aliphatic rings. The van der Waals surface area contributed by atoms with Gasteiger partial charge >= 0.3 is 0 Å². The molecule has 2 heteroatoms. The highest BCUT2D eigenvalue weighted by atomic mass is 16.5. The van der Waals surface area contributed by atoms with Gasteiger partial charge in [0.2, 0.25) is 0 Å². The van der Waals surface area contributed by atoms with Gasteiger partial charge in [-0.25, -0.2) is 0 Å². The maximum atomic E-state index is 5.11. The number of aromatic nitrogens is 1. The molecular weight excluding hydrogens is 174 g/mol. The minimum atomic E-state index is 0.780.